The quantitative estimate of drug-likeness (QED) is 0.550. The molecule has 0 atom stereocenters. The Morgan fingerprint density at radius 2 is 1.55 bits per heavy atom. The Morgan fingerprint density at radius 1 is 0.931 bits per heavy atom. The molecule has 4 aromatic rings. The summed E-state index contributed by atoms with van der Waals surface area (Å²) in [5, 5.41) is 7.58. The molecule has 0 unspecified atom stereocenters. The van der Waals surface area contributed by atoms with E-state index < -0.39 is 0 Å². The number of rotatable bonds is 6. The van der Waals surface area contributed by atoms with Gasteiger partial charge in [-0.1, -0.05) is 66.7 Å². The van der Waals surface area contributed by atoms with Crippen molar-refractivity contribution in [2.45, 2.75) is 12.5 Å². The number of hydrogen-bond acceptors (Lipinski definition) is 3. The van der Waals surface area contributed by atoms with Crippen LogP contribution in [0.15, 0.2) is 91.1 Å². The maximum atomic E-state index is 13.1. The zero-order valence-corrected chi connectivity index (χ0v) is 16.2. The van der Waals surface area contributed by atoms with E-state index in [9.17, 15) is 4.79 Å². The highest BCUT2D eigenvalue weighted by atomic mass is 16.1. The Bertz CT molecular complexity index is 1040. The minimum absolute atomic E-state index is 0.0487. The van der Waals surface area contributed by atoms with Crippen molar-refractivity contribution in [3.05, 3.63) is 108 Å². The standard InChI is InChI=1S/C24H22N4O/c1-28-22(21-14-8-9-15-25-21)16-20(27-28)17-26-24(29)23(18-10-4-2-5-11-18)19-12-6-3-7-13-19/h2-16,23H,17H2,1H3,(H,26,29). The van der Waals surface area contributed by atoms with Gasteiger partial charge in [-0.3, -0.25) is 14.5 Å². The number of hydrogen-bond donors (Lipinski definition) is 1. The fourth-order valence-electron chi connectivity index (χ4n) is 3.43. The van der Waals surface area contributed by atoms with E-state index in [2.05, 4.69) is 15.4 Å². The van der Waals surface area contributed by atoms with Crippen LogP contribution in [-0.4, -0.2) is 20.7 Å². The molecule has 0 spiro atoms. The van der Waals surface area contributed by atoms with Gasteiger partial charge in [0.25, 0.3) is 0 Å². The molecule has 1 N–H and O–H groups in total. The summed E-state index contributed by atoms with van der Waals surface area (Å²) >= 11 is 0. The van der Waals surface area contributed by atoms with E-state index in [1.165, 1.54) is 0 Å². The maximum absolute atomic E-state index is 13.1. The first-order valence-electron chi connectivity index (χ1n) is 9.54. The van der Waals surface area contributed by atoms with Crippen LogP contribution in [0.4, 0.5) is 0 Å². The van der Waals surface area contributed by atoms with Gasteiger partial charge >= 0.3 is 0 Å². The van der Waals surface area contributed by atoms with Crippen molar-refractivity contribution in [1.82, 2.24) is 20.1 Å². The molecule has 2 heterocycles. The number of carbonyl (C=O) groups excluding carboxylic acids is 1. The van der Waals surface area contributed by atoms with Gasteiger partial charge in [-0.15, -0.1) is 0 Å². The van der Waals surface area contributed by atoms with Gasteiger partial charge in [-0.05, 0) is 29.3 Å². The third-order valence-electron chi connectivity index (χ3n) is 4.83. The molecule has 0 saturated carbocycles. The molecule has 2 aromatic carbocycles. The fraction of sp³-hybridized carbons (Fsp3) is 0.125. The van der Waals surface area contributed by atoms with E-state index in [1.54, 1.807) is 10.9 Å². The van der Waals surface area contributed by atoms with Gasteiger partial charge in [-0.2, -0.15) is 5.10 Å². The topological polar surface area (TPSA) is 59.8 Å². The summed E-state index contributed by atoms with van der Waals surface area (Å²) < 4.78 is 1.79. The first-order valence-corrected chi connectivity index (χ1v) is 9.54. The highest BCUT2D eigenvalue weighted by Gasteiger charge is 2.22. The van der Waals surface area contributed by atoms with Crippen molar-refractivity contribution in [2.24, 2.45) is 7.05 Å². The largest absolute Gasteiger partial charge is 0.350 e. The number of amides is 1. The van der Waals surface area contributed by atoms with E-state index >= 15 is 0 Å². The molecule has 29 heavy (non-hydrogen) atoms. The Morgan fingerprint density at radius 3 is 2.14 bits per heavy atom. The summed E-state index contributed by atoms with van der Waals surface area (Å²) in [5.74, 6) is -0.413. The van der Waals surface area contributed by atoms with Crippen molar-refractivity contribution < 1.29 is 4.79 Å². The monoisotopic (exact) mass is 382 g/mol. The number of pyridine rings is 1. The SMILES string of the molecule is Cn1nc(CNC(=O)C(c2ccccc2)c2ccccc2)cc1-c1ccccn1. The van der Waals surface area contributed by atoms with Crippen molar-refractivity contribution in [3.63, 3.8) is 0 Å². The molecule has 144 valence electrons. The predicted molar refractivity (Wildman–Crippen MR) is 113 cm³/mol. The summed E-state index contributed by atoms with van der Waals surface area (Å²) in [6.45, 7) is 0.357. The van der Waals surface area contributed by atoms with Gasteiger partial charge < -0.3 is 5.32 Å². The van der Waals surface area contributed by atoms with Crippen molar-refractivity contribution in [3.8, 4) is 11.4 Å². The van der Waals surface area contributed by atoms with Crippen molar-refractivity contribution in [2.75, 3.05) is 0 Å². The highest BCUT2D eigenvalue weighted by molar-refractivity contribution is 5.87. The minimum atomic E-state index is -0.364. The van der Waals surface area contributed by atoms with Crippen LogP contribution in [0.2, 0.25) is 0 Å². The zero-order chi connectivity index (χ0) is 20.1. The predicted octanol–water partition coefficient (Wildman–Crippen LogP) is 3.93. The normalized spacial score (nSPS) is 10.8. The lowest BCUT2D eigenvalue weighted by molar-refractivity contribution is -0.121. The Kier molecular flexibility index (Phi) is 5.47. The van der Waals surface area contributed by atoms with E-state index in [1.807, 2.05) is 92.0 Å². The minimum Gasteiger partial charge on any atom is -0.350 e. The van der Waals surface area contributed by atoms with Crippen LogP contribution in [0.3, 0.4) is 0 Å². The second kappa shape index (κ2) is 8.52. The summed E-state index contributed by atoms with van der Waals surface area (Å²) in [6, 6.07) is 27.4. The van der Waals surface area contributed by atoms with Gasteiger partial charge in [0.05, 0.1) is 29.5 Å². The smallest absolute Gasteiger partial charge is 0.232 e. The summed E-state index contributed by atoms with van der Waals surface area (Å²) in [7, 11) is 1.88. The first-order chi connectivity index (χ1) is 14.2. The van der Waals surface area contributed by atoms with E-state index in [0.29, 0.717) is 6.54 Å². The van der Waals surface area contributed by atoms with Crippen LogP contribution < -0.4 is 5.32 Å². The molecule has 0 bridgehead atoms. The highest BCUT2D eigenvalue weighted by Crippen LogP contribution is 2.25. The molecular weight excluding hydrogens is 360 g/mol. The van der Waals surface area contributed by atoms with Gasteiger partial charge in [0, 0.05) is 13.2 Å². The molecule has 0 fully saturated rings. The number of nitrogens with zero attached hydrogens (tertiary/aromatic N) is 3. The Labute approximate surface area is 170 Å². The third kappa shape index (κ3) is 4.24. The summed E-state index contributed by atoms with van der Waals surface area (Å²) in [4.78, 5) is 17.5. The summed E-state index contributed by atoms with van der Waals surface area (Å²) in [6.07, 6.45) is 1.76. The molecule has 1 amide bonds. The van der Waals surface area contributed by atoms with Crippen LogP contribution >= 0.6 is 0 Å². The molecule has 0 aliphatic heterocycles. The Balaban J connectivity index is 1.53. The second-order valence-electron chi connectivity index (χ2n) is 6.83. The number of benzene rings is 2. The van der Waals surface area contributed by atoms with Gasteiger partial charge in [0.1, 0.15) is 0 Å². The maximum Gasteiger partial charge on any atom is 0.232 e. The van der Waals surface area contributed by atoms with E-state index in [4.69, 9.17) is 0 Å². The molecule has 0 saturated heterocycles. The van der Waals surface area contributed by atoms with Crippen LogP contribution in [0.1, 0.15) is 22.7 Å². The summed E-state index contributed by atoms with van der Waals surface area (Å²) in [5.41, 5.74) is 4.49. The van der Waals surface area contributed by atoms with Crippen molar-refractivity contribution in [1.29, 1.82) is 0 Å². The fourth-order valence-corrected chi connectivity index (χ4v) is 3.43. The van der Waals surface area contributed by atoms with Gasteiger partial charge in [-0.25, -0.2) is 0 Å². The van der Waals surface area contributed by atoms with Crippen molar-refractivity contribution >= 4 is 5.91 Å². The Hall–Kier alpha value is -3.73. The van der Waals surface area contributed by atoms with E-state index in [-0.39, 0.29) is 11.8 Å². The van der Waals surface area contributed by atoms with Gasteiger partial charge in [0.15, 0.2) is 0 Å². The number of aromatic nitrogens is 3. The average Bonchev–Trinajstić information content (AvgIpc) is 3.15. The molecule has 5 nitrogen and oxygen atoms in total. The molecule has 4 rings (SSSR count). The molecular formula is C24H22N4O. The van der Waals surface area contributed by atoms with Crippen LogP contribution in [0.5, 0.6) is 0 Å². The van der Waals surface area contributed by atoms with Crippen LogP contribution in [0.25, 0.3) is 11.4 Å². The molecule has 0 aliphatic carbocycles. The lowest BCUT2D eigenvalue weighted by atomic mass is 9.90. The molecule has 0 aliphatic rings. The molecule has 2 aromatic heterocycles. The van der Waals surface area contributed by atoms with Crippen LogP contribution in [0, 0.1) is 0 Å². The van der Waals surface area contributed by atoms with Crippen LogP contribution in [-0.2, 0) is 18.4 Å². The first kappa shape index (κ1) is 18.6. The number of carbonyl (C=O) groups is 1. The number of nitrogens with one attached hydrogen (secondary N) is 1. The third-order valence-corrected chi connectivity index (χ3v) is 4.83. The van der Waals surface area contributed by atoms with E-state index in [0.717, 1.165) is 28.2 Å². The molecule has 0 radical (unpaired) electrons. The second-order valence-corrected chi connectivity index (χ2v) is 6.83. The number of aryl methyl sites for hydroxylation is 1. The lowest BCUT2D eigenvalue weighted by Crippen LogP contribution is -2.29. The molecule has 5 heteroatoms. The zero-order valence-electron chi connectivity index (χ0n) is 16.2. The lowest BCUT2D eigenvalue weighted by Gasteiger charge is -2.17. The average molecular weight is 382 g/mol. The van der Waals surface area contributed by atoms with Gasteiger partial charge in [0.2, 0.25) is 5.91 Å².